The quantitative estimate of drug-likeness (QED) is 0.745. The molecule has 1 rings (SSSR count). The molecule has 0 aliphatic carbocycles. The number of carbonyl (C=O) groups is 1. The van der Waals surface area contributed by atoms with Crippen molar-refractivity contribution in [3.8, 4) is 0 Å². The molecule has 0 aromatic rings. The van der Waals surface area contributed by atoms with Crippen LogP contribution in [0.25, 0.3) is 0 Å². The van der Waals surface area contributed by atoms with E-state index in [0.717, 1.165) is 12.8 Å². The van der Waals surface area contributed by atoms with Gasteiger partial charge in [-0.1, -0.05) is 6.92 Å². The van der Waals surface area contributed by atoms with Gasteiger partial charge >= 0.3 is 5.97 Å². The molecule has 1 heterocycles. The molecule has 0 spiro atoms. The van der Waals surface area contributed by atoms with Crippen molar-refractivity contribution in [2.45, 2.75) is 38.8 Å². The van der Waals surface area contributed by atoms with Gasteiger partial charge < -0.3 is 10.4 Å². The summed E-state index contributed by atoms with van der Waals surface area (Å²) >= 11 is 0. The summed E-state index contributed by atoms with van der Waals surface area (Å²) in [5, 5.41) is 12.2. The van der Waals surface area contributed by atoms with Crippen molar-refractivity contribution in [2.24, 2.45) is 5.92 Å². The zero-order chi connectivity index (χ0) is 13.9. The average Bonchev–Trinajstić information content (AvgIpc) is 2.27. The number of nitrogens with zero attached hydrogens (tertiary/aromatic N) is 1. The molecule has 0 bridgehead atoms. The number of sulfonamides is 1. The smallest absolute Gasteiger partial charge is 0.307 e. The lowest BCUT2D eigenvalue weighted by Gasteiger charge is -2.33. The molecule has 2 atom stereocenters. The molecule has 18 heavy (non-hydrogen) atoms. The maximum atomic E-state index is 11.3. The van der Waals surface area contributed by atoms with Crippen LogP contribution in [0.5, 0.6) is 0 Å². The highest BCUT2D eigenvalue weighted by atomic mass is 32.2. The van der Waals surface area contributed by atoms with Gasteiger partial charge in [0.1, 0.15) is 0 Å². The normalized spacial score (nSPS) is 22.6. The van der Waals surface area contributed by atoms with Crippen LogP contribution in [-0.4, -0.2) is 55.2 Å². The van der Waals surface area contributed by atoms with E-state index in [2.05, 4.69) is 5.32 Å². The van der Waals surface area contributed by atoms with Crippen molar-refractivity contribution >= 4 is 16.0 Å². The highest BCUT2D eigenvalue weighted by Crippen LogP contribution is 2.15. The van der Waals surface area contributed by atoms with Gasteiger partial charge in [0.2, 0.25) is 10.0 Å². The topological polar surface area (TPSA) is 86.7 Å². The number of piperidine rings is 1. The van der Waals surface area contributed by atoms with Crippen molar-refractivity contribution < 1.29 is 18.3 Å². The van der Waals surface area contributed by atoms with Crippen molar-refractivity contribution in [3.63, 3.8) is 0 Å². The summed E-state index contributed by atoms with van der Waals surface area (Å²) in [5.41, 5.74) is 0. The van der Waals surface area contributed by atoms with Crippen molar-refractivity contribution in [1.82, 2.24) is 9.62 Å². The highest BCUT2D eigenvalue weighted by molar-refractivity contribution is 7.88. The summed E-state index contributed by atoms with van der Waals surface area (Å²) in [6, 6.07) is 0.0806. The van der Waals surface area contributed by atoms with Gasteiger partial charge in [-0.2, -0.15) is 0 Å². The molecule has 7 heteroatoms. The van der Waals surface area contributed by atoms with E-state index in [4.69, 9.17) is 5.11 Å². The Morgan fingerprint density at radius 1 is 1.33 bits per heavy atom. The molecule has 0 aromatic carbocycles. The number of rotatable bonds is 5. The van der Waals surface area contributed by atoms with E-state index in [-0.39, 0.29) is 12.1 Å². The fourth-order valence-corrected chi connectivity index (χ4v) is 2.96. The van der Waals surface area contributed by atoms with Crippen molar-refractivity contribution in [3.05, 3.63) is 0 Å². The summed E-state index contributed by atoms with van der Waals surface area (Å²) in [6.07, 6.45) is 2.67. The number of hydrogen-bond donors (Lipinski definition) is 2. The molecule has 2 N–H and O–H groups in total. The maximum absolute atomic E-state index is 11.3. The number of carboxylic acids is 1. The molecule has 0 radical (unpaired) electrons. The predicted octanol–water partition coefficient (Wildman–Crippen LogP) is 0.109. The zero-order valence-corrected chi connectivity index (χ0v) is 11.9. The zero-order valence-electron chi connectivity index (χ0n) is 11.1. The summed E-state index contributed by atoms with van der Waals surface area (Å²) in [6.45, 7) is 4.53. The molecular weight excluding hydrogens is 256 g/mol. The minimum absolute atomic E-state index is 0.114. The first-order valence-electron chi connectivity index (χ1n) is 6.15. The molecule has 1 fully saturated rings. The molecule has 1 aliphatic rings. The van der Waals surface area contributed by atoms with Gasteiger partial charge in [-0.3, -0.25) is 4.79 Å². The van der Waals surface area contributed by atoms with Gasteiger partial charge in [0, 0.05) is 25.2 Å². The van der Waals surface area contributed by atoms with E-state index < -0.39 is 21.9 Å². The number of aliphatic carboxylic acids is 1. The second-order valence-electron chi connectivity index (χ2n) is 5.02. The van der Waals surface area contributed by atoms with Gasteiger partial charge in [-0.25, -0.2) is 12.7 Å². The number of carboxylic acid groups (broad SMARTS) is 1. The van der Waals surface area contributed by atoms with Crippen LogP contribution in [0.1, 0.15) is 26.7 Å². The van der Waals surface area contributed by atoms with Crippen LogP contribution in [0.3, 0.4) is 0 Å². The molecule has 1 saturated heterocycles. The lowest BCUT2D eigenvalue weighted by molar-refractivity contribution is -0.142. The van der Waals surface area contributed by atoms with E-state index in [1.165, 1.54) is 10.6 Å². The van der Waals surface area contributed by atoms with Crippen LogP contribution in [0.15, 0.2) is 0 Å². The molecule has 6 nitrogen and oxygen atoms in total. The van der Waals surface area contributed by atoms with Gasteiger partial charge in [0.05, 0.1) is 12.2 Å². The molecule has 2 unspecified atom stereocenters. The summed E-state index contributed by atoms with van der Waals surface area (Å²) in [5.74, 6) is -1.26. The average molecular weight is 278 g/mol. The number of nitrogens with one attached hydrogen (secondary N) is 1. The summed E-state index contributed by atoms with van der Waals surface area (Å²) < 4.78 is 24.1. The Morgan fingerprint density at radius 3 is 2.22 bits per heavy atom. The van der Waals surface area contributed by atoms with Gasteiger partial charge in [-0.15, -0.1) is 0 Å². The molecule has 0 aromatic heterocycles. The van der Waals surface area contributed by atoms with Crippen LogP contribution in [0.4, 0.5) is 0 Å². The largest absolute Gasteiger partial charge is 0.481 e. The fourth-order valence-electron chi connectivity index (χ4n) is 2.08. The Kier molecular flexibility index (Phi) is 5.12. The fraction of sp³-hybridized carbons (Fsp3) is 0.909. The van der Waals surface area contributed by atoms with Crippen LogP contribution < -0.4 is 5.32 Å². The van der Waals surface area contributed by atoms with Gasteiger partial charge in [-0.05, 0) is 19.8 Å². The highest BCUT2D eigenvalue weighted by Gasteiger charge is 2.27. The number of hydrogen-bond acceptors (Lipinski definition) is 4. The van der Waals surface area contributed by atoms with Crippen molar-refractivity contribution in [1.29, 1.82) is 0 Å². The second kappa shape index (κ2) is 5.99. The minimum atomic E-state index is -3.10. The third-order valence-electron chi connectivity index (χ3n) is 3.56. The van der Waals surface area contributed by atoms with Gasteiger partial charge in [0.25, 0.3) is 0 Å². The first kappa shape index (κ1) is 15.4. The summed E-state index contributed by atoms with van der Waals surface area (Å²) in [4.78, 5) is 10.8. The molecule has 0 saturated carbocycles. The third kappa shape index (κ3) is 4.22. The molecule has 0 amide bonds. The van der Waals surface area contributed by atoms with E-state index in [9.17, 15) is 13.2 Å². The third-order valence-corrected chi connectivity index (χ3v) is 4.86. The maximum Gasteiger partial charge on any atom is 0.307 e. The van der Waals surface area contributed by atoms with E-state index in [1.54, 1.807) is 6.92 Å². The predicted molar refractivity (Wildman–Crippen MR) is 68.8 cm³/mol. The lowest BCUT2D eigenvalue weighted by Crippen LogP contribution is -2.49. The van der Waals surface area contributed by atoms with Crippen LogP contribution in [0.2, 0.25) is 0 Å². The standard InChI is InChI=1S/C11H22N2O4S/c1-8(11(14)15)9(2)12-10-4-6-13(7-5-10)18(3,16)17/h8-10,12H,4-7H2,1-3H3,(H,14,15). The lowest BCUT2D eigenvalue weighted by atomic mass is 10.00. The first-order valence-corrected chi connectivity index (χ1v) is 8.00. The molecule has 106 valence electrons. The van der Waals surface area contributed by atoms with Crippen LogP contribution in [0, 0.1) is 5.92 Å². The Morgan fingerprint density at radius 2 is 1.83 bits per heavy atom. The second-order valence-corrected chi connectivity index (χ2v) is 7.00. The Bertz CT molecular complexity index is 388. The van der Waals surface area contributed by atoms with Crippen molar-refractivity contribution in [2.75, 3.05) is 19.3 Å². The first-order chi connectivity index (χ1) is 8.21. The van der Waals surface area contributed by atoms with Gasteiger partial charge in [0.15, 0.2) is 0 Å². The van der Waals surface area contributed by atoms with E-state index in [0.29, 0.717) is 13.1 Å². The summed E-state index contributed by atoms with van der Waals surface area (Å²) in [7, 11) is -3.10. The monoisotopic (exact) mass is 278 g/mol. The Hall–Kier alpha value is -0.660. The minimum Gasteiger partial charge on any atom is -0.481 e. The Balaban J connectivity index is 2.43. The van der Waals surface area contributed by atoms with E-state index >= 15 is 0 Å². The van der Waals surface area contributed by atoms with E-state index in [1.807, 2.05) is 6.92 Å². The molecule has 1 aliphatic heterocycles. The SMILES string of the molecule is CC(NC1CCN(S(C)(=O)=O)CC1)C(C)C(=O)O. The van der Waals surface area contributed by atoms with Crippen LogP contribution >= 0.6 is 0 Å². The molecular formula is C11H22N2O4S. The Labute approximate surface area is 108 Å². The van der Waals surface area contributed by atoms with Crippen LogP contribution in [-0.2, 0) is 14.8 Å².